The minimum atomic E-state index is -1.00. The summed E-state index contributed by atoms with van der Waals surface area (Å²) in [6.45, 7) is 6.09. The Hall–Kier alpha value is -3.74. The monoisotopic (exact) mass is 789 g/mol. The molecule has 4 heterocycles. The van der Waals surface area contributed by atoms with Gasteiger partial charge in [0.25, 0.3) is 0 Å². The summed E-state index contributed by atoms with van der Waals surface area (Å²) in [6, 6.07) is 11.1. The van der Waals surface area contributed by atoms with E-state index < -0.39 is 31.3 Å². The Morgan fingerprint density at radius 3 is 1.52 bits per heavy atom. The van der Waals surface area contributed by atoms with Crippen LogP contribution in [0.1, 0.15) is 1.37 Å². The summed E-state index contributed by atoms with van der Waals surface area (Å²) in [5.41, 5.74) is 21.8. The fraction of sp³-hybridized carbons (Fsp3) is 0.455. The van der Waals surface area contributed by atoms with Crippen LogP contribution in [-0.2, 0) is 0 Å². The van der Waals surface area contributed by atoms with E-state index in [4.69, 9.17) is 29.6 Å². The van der Waals surface area contributed by atoms with Gasteiger partial charge in [-0.2, -0.15) is 8.78 Å². The van der Waals surface area contributed by atoms with Crippen LogP contribution in [0.5, 0.6) is 0 Å². The van der Waals surface area contributed by atoms with Gasteiger partial charge in [0.1, 0.15) is 23.3 Å². The van der Waals surface area contributed by atoms with E-state index in [2.05, 4.69) is 24.9 Å². The molecule has 0 saturated carbocycles. The number of halogens is 6. The largest absolute Gasteiger partial charge is 1.00 e. The predicted octanol–water partition coefficient (Wildman–Crippen LogP) is 3.00. The molecule has 2 atom stereocenters. The maximum absolute atomic E-state index is 13.8. The number of benzene rings is 2. The van der Waals surface area contributed by atoms with E-state index in [0.717, 1.165) is 0 Å². The van der Waals surface area contributed by atoms with Crippen molar-refractivity contribution in [3.05, 3.63) is 98.5 Å². The van der Waals surface area contributed by atoms with Crippen LogP contribution in [0, 0.1) is 23.5 Å². The van der Waals surface area contributed by atoms with Crippen molar-refractivity contribution in [1.29, 1.82) is 0 Å². The number of aliphatic hydroxyl groups is 2. The van der Waals surface area contributed by atoms with Gasteiger partial charge in [0, 0.05) is 99.1 Å². The molecular formula is C33H39ClF5N12NaO2. The number of nitrogens with zero attached hydrogens (tertiary/aromatic N) is 12. The predicted molar refractivity (Wildman–Crippen MR) is 194 cm³/mol. The first-order valence-corrected chi connectivity index (χ1v) is 16.7. The molecule has 6 rings (SSSR count). The third-order valence-electron chi connectivity index (χ3n) is 8.30. The van der Waals surface area contributed by atoms with E-state index in [1.165, 1.54) is 41.3 Å². The number of aromatic nitrogens is 2. The van der Waals surface area contributed by atoms with Crippen molar-refractivity contribution in [2.75, 3.05) is 94.8 Å². The van der Waals surface area contributed by atoms with Gasteiger partial charge in [0.2, 0.25) is 11.9 Å². The molecular weight excluding hydrogens is 750 g/mol. The zero-order valence-corrected chi connectivity index (χ0v) is 32.3. The summed E-state index contributed by atoms with van der Waals surface area (Å²) in [6.07, 6.45) is -1.27. The number of azide groups is 1. The molecule has 14 nitrogen and oxygen atoms in total. The number of piperazine rings is 2. The first-order valence-electron chi connectivity index (χ1n) is 16.9. The van der Waals surface area contributed by atoms with Gasteiger partial charge in [-0.3, -0.25) is 19.1 Å². The molecule has 21 heteroatoms. The molecule has 2 unspecified atom stereocenters. The number of aliphatic hydroxyl groups excluding tert-OH is 2. The quantitative estimate of drug-likeness (QED) is 0.0493. The second-order valence-corrected chi connectivity index (χ2v) is 12.1. The summed E-state index contributed by atoms with van der Waals surface area (Å²) < 4.78 is 70.2. The fourth-order valence-electron chi connectivity index (χ4n) is 5.94. The first kappa shape index (κ1) is 44.7. The summed E-state index contributed by atoms with van der Waals surface area (Å²) >= 11 is 5.62. The van der Waals surface area contributed by atoms with Gasteiger partial charge in [0.15, 0.2) is 0 Å². The molecule has 2 aromatic heterocycles. The number of anilines is 2. The van der Waals surface area contributed by atoms with Gasteiger partial charge in [-0.15, -0.1) is 11.6 Å². The van der Waals surface area contributed by atoms with Gasteiger partial charge in [0.05, 0.1) is 27.3 Å². The van der Waals surface area contributed by atoms with Crippen molar-refractivity contribution >= 4 is 44.8 Å². The van der Waals surface area contributed by atoms with Crippen molar-refractivity contribution in [3.8, 4) is 0 Å². The summed E-state index contributed by atoms with van der Waals surface area (Å²) in [5, 5.41) is 25.2. The molecule has 0 aliphatic carbocycles. The van der Waals surface area contributed by atoms with E-state index in [1.54, 1.807) is 12.1 Å². The molecule has 2 aliphatic rings. The molecule has 0 amide bonds. The Morgan fingerprint density at radius 1 is 0.759 bits per heavy atom. The SMILES string of the molecule is OC(CCl)CN1CCN(c2nc(F)cc3ccc(F)cc23)CC1.[2H]CF.[N-]=[N+]=NCC(O)CN1CCN(c2nc(F)cc3ccc(F)cc23)CC1.[N-]=[N+]=[N-].[Na+]. The van der Waals surface area contributed by atoms with Crippen LogP contribution in [0.4, 0.5) is 33.6 Å². The van der Waals surface area contributed by atoms with Crippen LogP contribution in [0.15, 0.2) is 53.6 Å². The number of β-amino-alcohol motifs (C(OH)–C–C–N with tert-alkyl or cyclic N) is 2. The topological polar surface area (TPSA) is 187 Å². The van der Waals surface area contributed by atoms with E-state index in [0.29, 0.717) is 98.6 Å². The van der Waals surface area contributed by atoms with Gasteiger partial charge in [-0.05, 0) is 40.6 Å². The van der Waals surface area contributed by atoms with E-state index in [1.807, 2.05) is 14.7 Å². The van der Waals surface area contributed by atoms with E-state index in [-0.39, 0.29) is 53.6 Å². The molecule has 0 bridgehead atoms. The molecule has 2 saturated heterocycles. The van der Waals surface area contributed by atoms with E-state index in [9.17, 15) is 32.2 Å². The third kappa shape index (κ3) is 13.8. The van der Waals surface area contributed by atoms with Crippen LogP contribution >= 0.6 is 11.6 Å². The minimum absolute atomic E-state index is 0. The molecule has 4 aromatic rings. The number of alkyl halides is 2. The summed E-state index contributed by atoms with van der Waals surface area (Å²) in [5.74, 6) is -0.811. The normalized spacial score (nSPS) is 15.7. The van der Waals surface area contributed by atoms with E-state index >= 15 is 0 Å². The molecule has 2 N–H and O–H groups in total. The molecule has 2 aromatic carbocycles. The molecule has 0 radical (unpaired) electrons. The number of rotatable bonds is 9. The first-order chi connectivity index (χ1) is 26.0. The Balaban J connectivity index is 0.000000328. The average Bonchev–Trinajstić information content (AvgIpc) is 3.15. The van der Waals surface area contributed by atoms with Gasteiger partial charge in [-0.25, -0.2) is 18.7 Å². The molecule has 0 spiro atoms. The minimum Gasteiger partial charge on any atom is -0.392 e. The van der Waals surface area contributed by atoms with Crippen LogP contribution in [-0.4, -0.2) is 127 Å². The van der Waals surface area contributed by atoms with Crippen LogP contribution < -0.4 is 39.4 Å². The zero-order chi connectivity index (χ0) is 39.6. The Labute approximate surface area is 336 Å². The van der Waals surface area contributed by atoms with Crippen molar-refractivity contribution in [1.82, 2.24) is 19.8 Å². The van der Waals surface area contributed by atoms with Gasteiger partial charge >= 0.3 is 29.6 Å². The van der Waals surface area contributed by atoms with Crippen molar-refractivity contribution in [2.45, 2.75) is 12.2 Å². The number of pyridine rings is 2. The number of fused-ring (bicyclic) bond motifs is 2. The maximum atomic E-state index is 13.8. The van der Waals surface area contributed by atoms with Crippen LogP contribution in [0.2, 0.25) is 0 Å². The third-order valence-corrected chi connectivity index (χ3v) is 8.66. The van der Waals surface area contributed by atoms with Crippen molar-refractivity contribution in [3.63, 3.8) is 0 Å². The fourth-order valence-corrected chi connectivity index (χ4v) is 6.04. The standard InChI is InChI=1S/C16H18ClF2N3O.C16H18F2N6O.CH3F.N3.Na/c17-9-13(23)10-21-3-5-22(6-4-21)16-14-8-12(18)2-1-11(14)7-15(19)20-16;17-12-2-1-11-7-15(18)21-16(14(11)8-12)24-5-3-23(4-6-24)10-13(25)9-20-22-19;1-2;1-3-2;/h1-2,7-8,13,23H,3-6,9-10H2;1-2,7-8,13,25H,3-6,9-10H2;1H3;;/q;;;-1;+1/i;;1D;;. The summed E-state index contributed by atoms with van der Waals surface area (Å²) in [4.78, 5) is 20.1. The average molecular weight is 790 g/mol. The molecule has 286 valence electrons. The maximum Gasteiger partial charge on any atom is 1.00 e. The Morgan fingerprint density at radius 2 is 1.15 bits per heavy atom. The van der Waals surface area contributed by atoms with Crippen LogP contribution in [0.25, 0.3) is 48.0 Å². The molecule has 54 heavy (non-hydrogen) atoms. The summed E-state index contributed by atoms with van der Waals surface area (Å²) in [7, 11) is -1.00. The second kappa shape index (κ2) is 23.9. The number of hydrogen-bond donors (Lipinski definition) is 2. The van der Waals surface area contributed by atoms with Crippen molar-refractivity contribution < 1.29 is 63.1 Å². The molecule has 2 fully saturated rings. The zero-order valence-electron chi connectivity index (χ0n) is 30.5. The Kier molecular flexibility index (Phi) is 19.8. The van der Waals surface area contributed by atoms with Crippen LogP contribution in [0.3, 0.4) is 0 Å². The Bertz CT molecular complexity index is 1880. The van der Waals surface area contributed by atoms with Crippen molar-refractivity contribution in [2.24, 2.45) is 5.11 Å². The van der Waals surface area contributed by atoms with Gasteiger partial charge < -0.3 is 31.1 Å². The van der Waals surface area contributed by atoms with Gasteiger partial charge in [-0.1, -0.05) is 17.2 Å². The smallest absolute Gasteiger partial charge is 0.392 e. The second-order valence-electron chi connectivity index (χ2n) is 11.8. The number of hydrogen-bond acceptors (Lipinski definition) is 9. The molecule has 2 aliphatic heterocycles.